The van der Waals surface area contributed by atoms with Gasteiger partial charge in [0.15, 0.2) is 0 Å². The van der Waals surface area contributed by atoms with E-state index in [0.29, 0.717) is 0 Å². The van der Waals surface area contributed by atoms with Crippen LogP contribution in [0.1, 0.15) is 38.5 Å². The fraction of sp³-hybridized carbons (Fsp3) is 1.00. The quantitative estimate of drug-likeness (QED) is 0.786. The van der Waals surface area contributed by atoms with E-state index in [0.717, 1.165) is 17.4 Å². The lowest BCUT2D eigenvalue weighted by Gasteiger charge is -2.55. The molecule has 0 bridgehead atoms. The van der Waals surface area contributed by atoms with Crippen molar-refractivity contribution in [1.82, 2.24) is 19.6 Å². The predicted octanol–water partition coefficient (Wildman–Crippen LogP) is 1.78. The molecule has 0 aromatic heterocycles. The van der Waals surface area contributed by atoms with Crippen molar-refractivity contribution in [1.29, 1.82) is 0 Å². The summed E-state index contributed by atoms with van der Waals surface area (Å²) in [5, 5.41) is 0. The summed E-state index contributed by atoms with van der Waals surface area (Å²) >= 11 is 0. The first-order valence-corrected chi connectivity index (χ1v) is 9.95. The molecule has 4 heteroatoms. The maximum Gasteiger partial charge on any atom is 0.0507 e. The summed E-state index contributed by atoms with van der Waals surface area (Å²) in [6, 6.07) is 0.903. The van der Waals surface area contributed by atoms with Gasteiger partial charge < -0.3 is 9.80 Å². The molecule has 1 saturated carbocycles. The van der Waals surface area contributed by atoms with E-state index in [-0.39, 0.29) is 0 Å². The lowest BCUT2D eigenvalue weighted by atomic mass is 9.60. The van der Waals surface area contributed by atoms with Gasteiger partial charge in [-0.1, -0.05) is 0 Å². The van der Waals surface area contributed by atoms with Crippen LogP contribution in [-0.4, -0.2) is 92.2 Å². The van der Waals surface area contributed by atoms with Gasteiger partial charge in [0.05, 0.1) is 6.67 Å². The molecule has 3 aliphatic heterocycles. The molecule has 0 aromatic rings. The Bertz CT molecular complexity index is 388. The Hall–Kier alpha value is -0.160. The van der Waals surface area contributed by atoms with Crippen LogP contribution in [0.2, 0.25) is 0 Å². The first kappa shape index (κ1) is 16.3. The molecular weight excluding hydrogens is 284 g/mol. The lowest BCUT2D eigenvalue weighted by Crippen LogP contribution is -2.55. The SMILES string of the molecule is CN1CCC(CN2CCC3(CC2)CC(N2CCN(C)C2)C3)CC1. The Kier molecular flexibility index (Phi) is 4.70. The third-order valence-corrected chi connectivity index (χ3v) is 7.32. The third-order valence-electron chi connectivity index (χ3n) is 7.32. The smallest absolute Gasteiger partial charge is 0.0507 e. The molecule has 3 saturated heterocycles. The average Bonchev–Trinajstić information content (AvgIpc) is 2.94. The minimum absolute atomic E-state index is 0.731. The molecule has 4 aliphatic rings. The summed E-state index contributed by atoms with van der Waals surface area (Å²) < 4.78 is 0. The van der Waals surface area contributed by atoms with Crippen LogP contribution in [0.4, 0.5) is 0 Å². The molecule has 4 fully saturated rings. The Morgan fingerprint density at radius 2 is 1.52 bits per heavy atom. The van der Waals surface area contributed by atoms with E-state index in [9.17, 15) is 0 Å². The van der Waals surface area contributed by atoms with E-state index >= 15 is 0 Å². The largest absolute Gasteiger partial charge is 0.306 e. The number of hydrogen-bond acceptors (Lipinski definition) is 4. The van der Waals surface area contributed by atoms with Crippen molar-refractivity contribution in [2.24, 2.45) is 11.3 Å². The normalized spacial score (nSPS) is 32.6. The predicted molar refractivity (Wildman–Crippen MR) is 95.6 cm³/mol. The summed E-state index contributed by atoms with van der Waals surface area (Å²) in [4.78, 5) is 10.5. The molecule has 0 atom stereocenters. The van der Waals surface area contributed by atoms with Gasteiger partial charge in [-0.15, -0.1) is 0 Å². The highest BCUT2D eigenvalue weighted by Gasteiger charge is 2.48. The molecule has 23 heavy (non-hydrogen) atoms. The summed E-state index contributed by atoms with van der Waals surface area (Å²) in [7, 11) is 4.53. The zero-order valence-corrected chi connectivity index (χ0v) is 15.3. The van der Waals surface area contributed by atoms with Gasteiger partial charge in [0.2, 0.25) is 0 Å². The van der Waals surface area contributed by atoms with Crippen molar-refractivity contribution in [3.63, 3.8) is 0 Å². The second-order valence-corrected chi connectivity index (χ2v) is 9.14. The molecule has 0 amide bonds. The van der Waals surface area contributed by atoms with Crippen molar-refractivity contribution in [3.8, 4) is 0 Å². The number of piperidine rings is 2. The molecule has 132 valence electrons. The summed E-state index contributed by atoms with van der Waals surface area (Å²) in [5.74, 6) is 0.967. The van der Waals surface area contributed by atoms with Gasteiger partial charge in [-0.05, 0) is 90.1 Å². The van der Waals surface area contributed by atoms with E-state index in [4.69, 9.17) is 0 Å². The van der Waals surface area contributed by atoms with Gasteiger partial charge in [-0.2, -0.15) is 0 Å². The monoisotopic (exact) mass is 320 g/mol. The topological polar surface area (TPSA) is 13.0 Å². The van der Waals surface area contributed by atoms with Gasteiger partial charge in [0.1, 0.15) is 0 Å². The minimum atomic E-state index is 0.731. The zero-order chi connectivity index (χ0) is 15.9. The van der Waals surface area contributed by atoms with Crippen LogP contribution in [0.5, 0.6) is 0 Å². The Labute approximate surface area is 142 Å². The number of likely N-dealkylation sites (tertiary alicyclic amines) is 2. The number of rotatable bonds is 3. The molecular formula is C19H36N4. The van der Waals surface area contributed by atoms with Crippen molar-refractivity contribution < 1.29 is 0 Å². The highest BCUT2D eigenvalue weighted by Crippen LogP contribution is 2.51. The number of likely N-dealkylation sites (N-methyl/N-ethyl adjacent to an activating group) is 1. The maximum absolute atomic E-state index is 2.79. The highest BCUT2D eigenvalue weighted by atomic mass is 15.4. The first-order chi connectivity index (χ1) is 11.1. The molecule has 0 radical (unpaired) electrons. The molecule has 4 rings (SSSR count). The molecule has 0 N–H and O–H groups in total. The molecule has 3 heterocycles. The van der Waals surface area contributed by atoms with Crippen LogP contribution in [-0.2, 0) is 0 Å². The van der Waals surface area contributed by atoms with Crippen molar-refractivity contribution >= 4 is 0 Å². The minimum Gasteiger partial charge on any atom is -0.306 e. The summed E-state index contributed by atoms with van der Waals surface area (Å²) in [6.07, 6.45) is 8.76. The summed E-state index contributed by atoms with van der Waals surface area (Å²) in [5.41, 5.74) is 0.731. The van der Waals surface area contributed by atoms with E-state index in [1.54, 1.807) is 0 Å². The molecule has 4 nitrogen and oxygen atoms in total. The van der Waals surface area contributed by atoms with Gasteiger partial charge in [-0.3, -0.25) is 9.80 Å². The van der Waals surface area contributed by atoms with E-state index < -0.39 is 0 Å². The third kappa shape index (κ3) is 3.60. The Morgan fingerprint density at radius 1 is 0.826 bits per heavy atom. The standard InChI is InChI=1S/C19H36N4/c1-20-7-3-17(4-8-20)15-22-9-5-19(6-10-22)13-18(14-19)23-12-11-21(2)16-23/h17-18H,3-16H2,1-2H3. The maximum atomic E-state index is 2.79. The summed E-state index contributed by atoms with van der Waals surface area (Å²) in [6.45, 7) is 10.5. The van der Waals surface area contributed by atoms with Gasteiger partial charge in [0, 0.05) is 25.7 Å². The fourth-order valence-electron chi connectivity index (χ4n) is 5.47. The van der Waals surface area contributed by atoms with Crippen molar-refractivity contribution in [2.75, 3.05) is 66.6 Å². The van der Waals surface area contributed by atoms with E-state index in [2.05, 4.69) is 33.7 Å². The zero-order valence-electron chi connectivity index (χ0n) is 15.3. The molecule has 0 aromatic carbocycles. The number of hydrogen-bond donors (Lipinski definition) is 0. The number of nitrogens with zero attached hydrogens (tertiary/aromatic N) is 4. The Morgan fingerprint density at radius 3 is 2.13 bits per heavy atom. The van der Waals surface area contributed by atoms with Crippen LogP contribution >= 0.6 is 0 Å². The van der Waals surface area contributed by atoms with Crippen LogP contribution in [0, 0.1) is 11.3 Å². The first-order valence-electron chi connectivity index (χ1n) is 9.95. The second-order valence-electron chi connectivity index (χ2n) is 9.14. The van der Waals surface area contributed by atoms with E-state index in [1.165, 1.54) is 91.0 Å². The van der Waals surface area contributed by atoms with E-state index in [1.807, 2.05) is 0 Å². The molecule has 1 aliphatic carbocycles. The van der Waals surface area contributed by atoms with Crippen LogP contribution < -0.4 is 0 Å². The van der Waals surface area contributed by atoms with Crippen LogP contribution in [0.25, 0.3) is 0 Å². The molecule has 1 spiro atoms. The van der Waals surface area contributed by atoms with Gasteiger partial charge >= 0.3 is 0 Å². The van der Waals surface area contributed by atoms with Gasteiger partial charge in [-0.25, -0.2) is 0 Å². The van der Waals surface area contributed by atoms with Crippen LogP contribution in [0.15, 0.2) is 0 Å². The fourth-order valence-corrected chi connectivity index (χ4v) is 5.47. The Balaban J connectivity index is 1.18. The van der Waals surface area contributed by atoms with Crippen LogP contribution in [0.3, 0.4) is 0 Å². The van der Waals surface area contributed by atoms with Crippen molar-refractivity contribution in [2.45, 2.75) is 44.6 Å². The van der Waals surface area contributed by atoms with Gasteiger partial charge in [0.25, 0.3) is 0 Å². The highest BCUT2D eigenvalue weighted by molar-refractivity contribution is 5.02. The molecule has 0 unspecified atom stereocenters. The second kappa shape index (κ2) is 6.62. The van der Waals surface area contributed by atoms with Crippen molar-refractivity contribution in [3.05, 3.63) is 0 Å². The average molecular weight is 321 g/mol. The lowest BCUT2D eigenvalue weighted by molar-refractivity contribution is -0.0422.